The van der Waals surface area contributed by atoms with E-state index in [1.54, 1.807) is 36.4 Å². The van der Waals surface area contributed by atoms with E-state index in [2.05, 4.69) is 5.32 Å². The van der Waals surface area contributed by atoms with Crippen LogP contribution in [0.3, 0.4) is 0 Å². The number of amides is 1. The summed E-state index contributed by atoms with van der Waals surface area (Å²) in [6.45, 7) is 2.25. The number of nitrogens with one attached hydrogen (secondary N) is 1. The molecule has 1 saturated heterocycles. The van der Waals surface area contributed by atoms with Crippen LogP contribution in [0.25, 0.3) is 0 Å². The second kappa shape index (κ2) is 8.10. The Balaban J connectivity index is 1.88. The summed E-state index contributed by atoms with van der Waals surface area (Å²) in [7, 11) is -2.20. The average molecular weight is 388 g/mol. The maximum atomic E-state index is 13.1. The van der Waals surface area contributed by atoms with Crippen LogP contribution in [0.2, 0.25) is 0 Å². The third-order valence-electron chi connectivity index (χ3n) is 4.72. The topological polar surface area (TPSA) is 75.7 Å². The van der Waals surface area contributed by atoms with Gasteiger partial charge in [-0.2, -0.15) is 4.31 Å². The van der Waals surface area contributed by atoms with Crippen molar-refractivity contribution >= 4 is 21.6 Å². The van der Waals surface area contributed by atoms with Gasteiger partial charge < -0.3 is 10.1 Å². The number of ether oxygens (including phenoxy) is 1. The Hall–Kier alpha value is -2.38. The first kappa shape index (κ1) is 19.4. The van der Waals surface area contributed by atoms with Gasteiger partial charge in [-0.05, 0) is 49.6 Å². The third-order valence-corrected chi connectivity index (χ3v) is 6.64. The fourth-order valence-corrected chi connectivity index (χ4v) is 5.00. The van der Waals surface area contributed by atoms with E-state index in [0.717, 1.165) is 18.4 Å². The summed E-state index contributed by atoms with van der Waals surface area (Å²) in [6.07, 6.45) is 2.04. The first-order chi connectivity index (χ1) is 12.9. The number of piperidine rings is 1. The summed E-state index contributed by atoms with van der Waals surface area (Å²) in [5.74, 6) is 0.209. The normalized spacial score (nSPS) is 18.1. The largest absolute Gasteiger partial charge is 0.495 e. The van der Waals surface area contributed by atoms with Crippen molar-refractivity contribution in [3.8, 4) is 5.75 Å². The van der Waals surface area contributed by atoms with Crippen LogP contribution in [0.1, 0.15) is 24.8 Å². The molecule has 2 aromatic rings. The fourth-order valence-electron chi connectivity index (χ4n) is 3.32. The van der Waals surface area contributed by atoms with E-state index in [9.17, 15) is 13.2 Å². The fraction of sp³-hybridized carbons (Fsp3) is 0.350. The zero-order valence-corrected chi connectivity index (χ0v) is 16.3. The van der Waals surface area contributed by atoms with Crippen molar-refractivity contribution in [2.45, 2.75) is 37.1 Å². The molecular weight excluding hydrogens is 364 g/mol. The van der Waals surface area contributed by atoms with Crippen molar-refractivity contribution in [1.29, 1.82) is 0 Å². The lowest BCUT2D eigenvalue weighted by Gasteiger charge is -2.33. The van der Waals surface area contributed by atoms with Gasteiger partial charge >= 0.3 is 0 Å². The zero-order chi connectivity index (χ0) is 19.4. The van der Waals surface area contributed by atoms with Crippen LogP contribution in [0.15, 0.2) is 53.4 Å². The Morgan fingerprint density at radius 3 is 2.59 bits per heavy atom. The van der Waals surface area contributed by atoms with Crippen LogP contribution >= 0.6 is 0 Å². The molecule has 1 aliphatic rings. The van der Waals surface area contributed by atoms with Crippen LogP contribution in [-0.2, 0) is 14.8 Å². The van der Waals surface area contributed by atoms with E-state index in [1.807, 2.05) is 19.1 Å². The highest BCUT2D eigenvalue weighted by Gasteiger charge is 2.37. The van der Waals surface area contributed by atoms with Crippen molar-refractivity contribution in [2.75, 3.05) is 19.0 Å². The number of benzene rings is 2. The first-order valence-electron chi connectivity index (χ1n) is 8.96. The van der Waals surface area contributed by atoms with Crippen LogP contribution in [0.4, 0.5) is 5.69 Å². The number of carbonyl (C=O) groups excluding carboxylic acids is 1. The van der Waals surface area contributed by atoms with E-state index in [1.165, 1.54) is 11.4 Å². The maximum Gasteiger partial charge on any atom is 0.243 e. The lowest BCUT2D eigenvalue weighted by molar-refractivity contribution is -0.120. The minimum absolute atomic E-state index is 0.206. The van der Waals surface area contributed by atoms with Crippen LogP contribution in [0.5, 0.6) is 5.75 Å². The second-order valence-corrected chi connectivity index (χ2v) is 8.52. The number of sulfonamides is 1. The van der Waals surface area contributed by atoms with Gasteiger partial charge in [0.25, 0.3) is 0 Å². The van der Waals surface area contributed by atoms with Crippen molar-refractivity contribution in [3.05, 3.63) is 54.1 Å². The molecule has 2 aromatic carbocycles. The minimum atomic E-state index is -3.73. The molecule has 144 valence electrons. The minimum Gasteiger partial charge on any atom is -0.495 e. The Kier molecular flexibility index (Phi) is 5.82. The van der Waals surface area contributed by atoms with Crippen LogP contribution < -0.4 is 10.1 Å². The summed E-state index contributed by atoms with van der Waals surface area (Å²) >= 11 is 0. The summed E-state index contributed by atoms with van der Waals surface area (Å²) < 4.78 is 32.7. The smallest absolute Gasteiger partial charge is 0.243 e. The molecule has 0 aliphatic carbocycles. The molecule has 1 aliphatic heterocycles. The molecule has 3 rings (SSSR count). The lowest BCUT2D eigenvalue weighted by atomic mass is 10.0. The quantitative estimate of drug-likeness (QED) is 0.854. The predicted octanol–water partition coefficient (Wildman–Crippen LogP) is 3.19. The molecule has 0 unspecified atom stereocenters. The van der Waals surface area contributed by atoms with Crippen molar-refractivity contribution in [2.24, 2.45) is 0 Å². The van der Waals surface area contributed by atoms with Gasteiger partial charge in [0.15, 0.2) is 0 Å². The summed E-state index contributed by atoms with van der Waals surface area (Å²) in [5, 5.41) is 2.86. The Bertz CT molecular complexity index is 913. The number of anilines is 1. The van der Waals surface area contributed by atoms with Crippen molar-refractivity contribution in [1.82, 2.24) is 4.31 Å². The first-order valence-corrected chi connectivity index (χ1v) is 10.4. The number of aryl methyl sites for hydroxylation is 1. The SMILES string of the molecule is COc1ccc(C)cc1NC(=O)[C@@H]1CCCCN1S(=O)(=O)c1ccccc1. The summed E-state index contributed by atoms with van der Waals surface area (Å²) in [5.41, 5.74) is 1.52. The van der Waals surface area contributed by atoms with Crippen LogP contribution in [0, 0.1) is 6.92 Å². The second-order valence-electron chi connectivity index (χ2n) is 6.63. The van der Waals surface area contributed by atoms with Gasteiger partial charge in [-0.3, -0.25) is 4.79 Å². The highest BCUT2D eigenvalue weighted by Crippen LogP contribution is 2.29. The molecule has 6 nitrogen and oxygen atoms in total. The number of hydrogen-bond donors (Lipinski definition) is 1. The highest BCUT2D eigenvalue weighted by atomic mass is 32.2. The summed E-state index contributed by atoms with van der Waals surface area (Å²) in [6, 6.07) is 13.0. The van der Waals surface area contributed by atoms with Gasteiger partial charge in [-0.25, -0.2) is 8.42 Å². The van der Waals surface area contributed by atoms with Gasteiger partial charge in [0.05, 0.1) is 17.7 Å². The molecule has 1 N–H and O–H groups in total. The number of nitrogens with zero attached hydrogens (tertiary/aromatic N) is 1. The summed E-state index contributed by atoms with van der Waals surface area (Å²) in [4.78, 5) is 13.2. The molecule has 0 bridgehead atoms. The van der Waals surface area contributed by atoms with Gasteiger partial charge in [0.2, 0.25) is 15.9 Å². The molecule has 1 atom stereocenters. The van der Waals surface area contributed by atoms with Crippen LogP contribution in [-0.4, -0.2) is 38.3 Å². The van der Waals surface area contributed by atoms with E-state index in [4.69, 9.17) is 4.74 Å². The Morgan fingerprint density at radius 2 is 1.89 bits per heavy atom. The van der Waals surface area contributed by atoms with Crippen molar-refractivity contribution < 1.29 is 17.9 Å². The Labute approximate surface area is 160 Å². The van der Waals surface area contributed by atoms with E-state index in [0.29, 0.717) is 24.4 Å². The average Bonchev–Trinajstić information content (AvgIpc) is 2.69. The molecule has 7 heteroatoms. The van der Waals surface area contributed by atoms with Gasteiger partial charge in [0.1, 0.15) is 11.8 Å². The predicted molar refractivity (Wildman–Crippen MR) is 104 cm³/mol. The Morgan fingerprint density at radius 1 is 1.15 bits per heavy atom. The monoisotopic (exact) mass is 388 g/mol. The molecule has 0 radical (unpaired) electrons. The lowest BCUT2D eigenvalue weighted by Crippen LogP contribution is -2.49. The third kappa shape index (κ3) is 4.14. The van der Waals surface area contributed by atoms with E-state index >= 15 is 0 Å². The van der Waals surface area contributed by atoms with Gasteiger partial charge in [-0.15, -0.1) is 0 Å². The number of rotatable bonds is 5. The molecule has 27 heavy (non-hydrogen) atoms. The molecule has 1 fully saturated rings. The standard InChI is InChI=1S/C20H24N2O4S/c1-15-11-12-19(26-2)17(14-15)21-20(23)18-10-6-7-13-22(18)27(24,25)16-8-4-3-5-9-16/h3-5,8-9,11-12,14,18H,6-7,10,13H2,1-2H3,(H,21,23)/t18-/m0/s1. The van der Waals surface area contributed by atoms with E-state index in [-0.39, 0.29) is 10.8 Å². The van der Waals surface area contributed by atoms with Gasteiger partial charge in [-0.1, -0.05) is 30.7 Å². The van der Waals surface area contributed by atoms with Gasteiger partial charge in [0, 0.05) is 6.54 Å². The molecule has 0 saturated carbocycles. The maximum absolute atomic E-state index is 13.1. The van der Waals surface area contributed by atoms with Crippen molar-refractivity contribution in [3.63, 3.8) is 0 Å². The highest BCUT2D eigenvalue weighted by molar-refractivity contribution is 7.89. The number of carbonyl (C=O) groups is 1. The zero-order valence-electron chi connectivity index (χ0n) is 15.5. The molecule has 0 aromatic heterocycles. The number of hydrogen-bond acceptors (Lipinski definition) is 4. The number of methoxy groups -OCH3 is 1. The molecule has 0 spiro atoms. The van der Waals surface area contributed by atoms with E-state index < -0.39 is 16.1 Å². The molecule has 1 amide bonds. The molecule has 1 heterocycles. The molecular formula is C20H24N2O4S.